The minimum atomic E-state index is -0.589. The number of ketones is 1. The van der Waals surface area contributed by atoms with Crippen LogP contribution in [0.3, 0.4) is 0 Å². The van der Waals surface area contributed by atoms with E-state index in [1.165, 1.54) is 30.1 Å². The highest BCUT2D eigenvalue weighted by molar-refractivity contribution is 8.02. The maximum Gasteiger partial charge on any atom is 0.288 e. The highest BCUT2D eigenvalue weighted by Gasteiger charge is 2.28. The van der Waals surface area contributed by atoms with Crippen molar-refractivity contribution >= 4 is 35.0 Å². The molecule has 0 unspecified atom stereocenters. The van der Waals surface area contributed by atoms with Gasteiger partial charge >= 0.3 is 0 Å². The summed E-state index contributed by atoms with van der Waals surface area (Å²) in [6.45, 7) is 2.53. The second kappa shape index (κ2) is 6.15. The van der Waals surface area contributed by atoms with Gasteiger partial charge in [-0.25, -0.2) is 5.01 Å². The Balaban J connectivity index is 2.31. The summed E-state index contributed by atoms with van der Waals surface area (Å²) in [5.41, 5.74) is 0.957. The van der Waals surface area contributed by atoms with E-state index in [2.05, 4.69) is 0 Å². The standard InChI is InChI=1S/C13H14ClN3O3S/c1-8-7-16(15(2)3)21-13(8)12(18)9-4-5-10(14)11(6-9)17(19)20/h4-6H,7H2,1-3H3. The number of rotatable bonds is 4. The van der Waals surface area contributed by atoms with Crippen molar-refractivity contribution in [1.29, 1.82) is 0 Å². The zero-order valence-corrected chi connectivity index (χ0v) is 13.4. The van der Waals surface area contributed by atoms with Gasteiger partial charge in [0.2, 0.25) is 5.78 Å². The number of nitro benzene ring substituents is 1. The molecule has 112 valence electrons. The van der Waals surface area contributed by atoms with E-state index in [1.54, 1.807) is 0 Å². The Morgan fingerprint density at radius 3 is 2.67 bits per heavy atom. The lowest BCUT2D eigenvalue weighted by atomic mass is 10.1. The van der Waals surface area contributed by atoms with Gasteiger partial charge in [0.15, 0.2) is 0 Å². The van der Waals surface area contributed by atoms with Gasteiger partial charge in [-0.15, -0.1) is 0 Å². The zero-order valence-electron chi connectivity index (χ0n) is 11.8. The van der Waals surface area contributed by atoms with Crippen LogP contribution in [0.5, 0.6) is 0 Å². The van der Waals surface area contributed by atoms with E-state index in [4.69, 9.17) is 11.6 Å². The summed E-state index contributed by atoms with van der Waals surface area (Å²) < 4.78 is 1.94. The van der Waals surface area contributed by atoms with Crippen molar-refractivity contribution in [2.45, 2.75) is 6.92 Å². The number of nitrogens with zero attached hydrogens (tertiary/aromatic N) is 3. The molecule has 0 aliphatic carbocycles. The number of benzene rings is 1. The normalized spacial score (nSPS) is 15.9. The average Bonchev–Trinajstić information content (AvgIpc) is 2.80. The highest BCUT2D eigenvalue weighted by atomic mass is 35.5. The summed E-state index contributed by atoms with van der Waals surface area (Å²) in [6, 6.07) is 4.12. The number of halogens is 1. The quantitative estimate of drug-likeness (QED) is 0.366. The molecular formula is C13H14ClN3O3S. The van der Waals surface area contributed by atoms with Gasteiger partial charge in [-0.3, -0.25) is 14.9 Å². The second-order valence-electron chi connectivity index (χ2n) is 4.81. The number of hydrazine groups is 1. The molecule has 21 heavy (non-hydrogen) atoms. The van der Waals surface area contributed by atoms with Crippen LogP contribution in [-0.4, -0.2) is 40.8 Å². The maximum absolute atomic E-state index is 12.5. The molecule has 1 aromatic rings. The van der Waals surface area contributed by atoms with Crippen molar-refractivity contribution in [3.8, 4) is 0 Å². The van der Waals surface area contributed by atoms with Crippen LogP contribution < -0.4 is 0 Å². The number of carbonyl (C=O) groups excluding carboxylic acids is 1. The predicted molar refractivity (Wildman–Crippen MR) is 83.1 cm³/mol. The molecule has 0 fully saturated rings. The minimum absolute atomic E-state index is 0.0243. The molecule has 1 aliphatic rings. The monoisotopic (exact) mass is 327 g/mol. The molecule has 8 heteroatoms. The topological polar surface area (TPSA) is 66.7 Å². The fourth-order valence-electron chi connectivity index (χ4n) is 1.87. The predicted octanol–water partition coefficient (Wildman–Crippen LogP) is 3.15. The molecule has 0 aromatic heterocycles. The summed E-state index contributed by atoms with van der Waals surface area (Å²) >= 11 is 7.10. The number of hydrogen-bond donors (Lipinski definition) is 0. The Morgan fingerprint density at radius 1 is 1.48 bits per heavy atom. The van der Waals surface area contributed by atoms with Crippen LogP contribution in [0, 0.1) is 10.1 Å². The van der Waals surface area contributed by atoms with Crippen LogP contribution in [0.15, 0.2) is 28.7 Å². The van der Waals surface area contributed by atoms with E-state index in [1.807, 2.05) is 30.4 Å². The summed E-state index contributed by atoms with van der Waals surface area (Å²) in [5, 5.41) is 12.8. The number of hydrogen-bond acceptors (Lipinski definition) is 6. The van der Waals surface area contributed by atoms with E-state index in [-0.39, 0.29) is 22.1 Å². The molecule has 0 N–H and O–H groups in total. The van der Waals surface area contributed by atoms with Crippen LogP contribution in [0.25, 0.3) is 0 Å². The lowest BCUT2D eigenvalue weighted by molar-refractivity contribution is -0.384. The zero-order chi connectivity index (χ0) is 15.7. The van der Waals surface area contributed by atoms with Gasteiger partial charge in [0.25, 0.3) is 5.69 Å². The molecule has 0 saturated heterocycles. The molecule has 1 heterocycles. The van der Waals surface area contributed by atoms with Crippen molar-refractivity contribution in [3.05, 3.63) is 49.4 Å². The van der Waals surface area contributed by atoms with Crippen LogP contribution in [0.2, 0.25) is 5.02 Å². The van der Waals surface area contributed by atoms with E-state index < -0.39 is 4.92 Å². The molecule has 1 aliphatic heterocycles. The van der Waals surface area contributed by atoms with Crippen LogP contribution in [-0.2, 0) is 0 Å². The van der Waals surface area contributed by atoms with Crippen molar-refractivity contribution in [3.63, 3.8) is 0 Å². The van der Waals surface area contributed by atoms with Gasteiger partial charge in [-0.05, 0) is 36.6 Å². The molecule has 1 aromatic carbocycles. The summed E-state index contributed by atoms with van der Waals surface area (Å²) in [7, 11) is 3.78. The Labute approximate surface area is 131 Å². The Kier molecular flexibility index (Phi) is 4.67. The van der Waals surface area contributed by atoms with Crippen LogP contribution in [0.4, 0.5) is 5.69 Å². The summed E-state index contributed by atoms with van der Waals surface area (Å²) in [6.07, 6.45) is 0. The molecule has 2 rings (SSSR count). The maximum atomic E-state index is 12.5. The molecule has 0 spiro atoms. The fraction of sp³-hybridized carbons (Fsp3) is 0.308. The van der Waals surface area contributed by atoms with Crippen molar-refractivity contribution in [2.24, 2.45) is 0 Å². The third-order valence-electron chi connectivity index (χ3n) is 3.01. The van der Waals surface area contributed by atoms with E-state index in [0.29, 0.717) is 11.4 Å². The van der Waals surface area contributed by atoms with E-state index in [9.17, 15) is 14.9 Å². The van der Waals surface area contributed by atoms with E-state index in [0.717, 1.165) is 5.57 Å². The SMILES string of the molecule is CC1=C(C(=O)c2ccc(Cl)c([N+](=O)[O-])c2)SN(N(C)C)C1. The molecule has 0 saturated carbocycles. The van der Waals surface area contributed by atoms with Crippen molar-refractivity contribution in [1.82, 2.24) is 9.42 Å². The fourth-order valence-corrected chi connectivity index (χ4v) is 3.11. The molecule has 6 nitrogen and oxygen atoms in total. The molecule has 0 amide bonds. The number of Topliss-reactive ketones (excluding diaryl/α,β-unsaturated/α-hetero) is 1. The first-order valence-corrected chi connectivity index (χ1v) is 7.27. The smallest absolute Gasteiger partial charge is 0.288 e. The minimum Gasteiger partial charge on any atom is -0.288 e. The van der Waals surface area contributed by atoms with Gasteiger partial charge in [-0.2, -0.15) is 4.41 Å². The average molecular weight is 328 g/mol. The van der Waals surface area contributed by atoms with Crippen molar-refractivity contribution < 1.29 is 9.72 Å². The van der Waals surface area contributed by atoms with Gasteiger partial charge in [0.05, 0.1) is 9.83 Å². The largest absolute Gasteiger partial charge is 0.288 e. The van der Waals surface area contributed by atoms with Gasteiger partial charge in [0, 0.05) is 32.3 Å². The number of allylic oxidation sites excluding steroid dienone is 1. The van der Waals surface area contributed by atoms with Gasteiger partial charge in [0.1, 0.15) is 5.02 Å². The lowest BCUT2D eigenvalue weighted by Crippen LogP contribution is -2.29. The summed E-state index contributed by atoms with van der Waals surface area (Å²) in [5.74, 6) is -0.221. The van der Waals surface area contributed by atoms with Gasteiger partial charge < -0.3 is 0 Å². The molecule has 0 atom stereocenters. The van der Waals surface area contributed by atoms with Gasteiger partial charge in [-0.1, -0.05) is 11.6 Å². The molecule has 0 bridgehead atoms. The number of nitro groups is 1. The first-order chi connectivity index (χ1) is 9.81. The summed E-state index contributed by atoms with van der Waals surface area (Å²) in [4.78, 5) is 23.4. The third kappa shape index (κ3) is 3.26. The Morgan fingerprint density at radius 2 is 2.14 bits per heavy atom. The van der Waals surface area contributed by atoms with Crippen molar-refractivity contribution in [2.75, 3.05) is 20.6 Å². The highest BCUT2D eigenvalue weighted by Crippen LogP contribution is 2.36. The van der Waals surface area contributed by atoms with E-state index >= 15 is 0 Å². The molecule has 0 radical (unpaired) electrons. The first kappa shape index (κ1) is 16.0. The Bertz CT molecular complexity index is 646. The third-order valence-corrected chi connectivity index (χ3v) is 4.72. The second-order valence-corrected chi connectivity index (χ2v) is 6.23. The van der Waals surface area contributed by atoms with Crippen LogP contribution in [0.1, 0.15) is 17.3 Å². The lowest BCUT2D eigenvalue weighted by Gasteiger charge is -2.21. The molecular weight excluding hydrogens is 314 g/mol. The number of carbonyl (C=O) groups is 1. The Hall–Kier alpha value is -1.41. The first-order valence-electron chi connectivity index (χ1n) is 6.12. The van der Waals surface area contributed by atoms with Crippen LogP contribution >= 0.6 is 23.5 Å².